The fourth-order valence-electron chi connectivity index (χ4n) is 2.84. The number of aromatic nitrogens is 2. The predicted octanol–water partition coefficient (Wildman–Crippen LogP) is 3.17. The number of piperidine rings is 1. The Labute approximate surface area is 114 Å². The van der Waals surface area contributed by atoms with Crippen LogP contribution in [-0.4, -0.2) is 23.1 Å². The van der Waals surface area contributed by atoms with Crippen LogP contribution in [0.3, 0.4) is 0 Å². The van der Waals surface area contributed by atoms with E-state index >= 15 is 0 Å². The number of hydrogen-bond donors (Lipinski definition) is 0. The van der Waals surface area contributed by atoms with Crippen LogP contribution >= 0.6 is 0 Å². The molecule has 0 bridgehead atoms. The summed E-state index contributed by atoms with van der Waals surface area (Å²) < 4.78 is 0. The maximum absolute atomic E-state index is 4.41. The summed E-state index contributed by atoms with van der Waals surface area (Å²) in [6, 6.07) is 8.88. The van der Waals surface area contributed by atoms with E-state index < -0.39 is 0 Å². The average molecular weight is 253 g/mol. The van der Waals surface area contributed by atoms with E-state index in [2.05, 4.69) is 46.1 Å². The van der Waals surface area contributed by atoms with Gasteiger partial charge in [-0.2, -0.15) is 0 Å². The van der Waals surface area contributed by atoms with Gasteiger partial charge in [0.1, 0.15) is 5.82 Å². The Balaban J connectivity index is 1.78. The highest BCUT2D eigenvalue weighted by molar-refractivity contribution is 5.38. The van der Waals surface area contributed by atoms with Crippen LogP contribution in [-0.2, 0) is 0 Å². The van der Waals surface area contributed by atoms with Crippen molar-refractivity contribution in [3.05, 3.63) is 54.0 Å². The molecule has 2 heterocycles. The summed E-state index contributed by atoms with van der Waals surface area (Å²) in [6.45, 7) is 4.29. The number of aryl methyl sites for hydroxylation is 1. The first kappa shape index (κ1) is 12.2. The zero-order chi connectivity index (χ0) is 13.1. The van der Waals surface area contributed by atoms with Gasteiger partial charge in [0, 0.05) is 31.4 Å². The summed E-state index contributed by atoms with van der Waals surface area (Å²) in [7, 11) is 0. The second-order valence-electron chi connectivity index (χ2n) is 5.26. The molecule has 3 heteroatoms. The minimum absolute atomic E-state index is 0.607. The Bertz CT molecular complexity index is 539. The molecule has 0 saturated carbocycles. The van der Waals surface area contributed by atoms with Crippen molar-refractivity contribution in [3.63, 3.8) is 0 Å². The van der Waals surface area contributed by atoms with E-state index in [4.69, 9.17) is 0 Å². The van der Waals surface area contributed by atoms with Gasteiger partial charge in [0.15, 0.2) is 0 Å². The number of anilines is 1. The molecule has 1 saturated heterocycles. The second kappa shape index (κ2) is 5.39. The highest BCUT2D eigenvalue weighted by Crippen LogP contribution is 2.29. The molecule has 19 heavy (non-hydrogen) atoms. The Morgan fingerprint density at radius 3 is 3.00 bits per heavy atom. The smallest absolute Gasteiger partial charge is 0.147 e. The lowest BCUT2D eigenvalue weighted by atomic mass is 9.90. The molecule has 3 rings (SSSR count). The molecule has 98 valence electrons. The number of nitrogens with zero attached hydrogens (tertiary/aromatic N) is 3. The number of rotatable bonds is 2. The predicted molar refractivity (Wildman–Crippen MR) is 77.4 cm³/mol. The van der Waals surface area contributed by atoms with Gasteiger partial charge in [-0.25, -0.2) is 4.98 Å². The third-order valence-electron chi connectivity index (χ3n) is 3.81. The Kier molecular flexibility index (Phi) is 3.45. The van der Waals surface area contributed by atoms with Crippen molar-refractivity contribution in [2.24, 2.45) is 0 Å². The molecule has 3 nitrogen and oxygen atoms in total. The fraction of sp³-hybridized carbons (Fsp3) is 0.375. The molecular weight excluding hydrogens is 234 g/mol. The highest BCUT2D eigenvalue weighted by atomic mass is 15.2. The molecule has 1 fully saturated rings. The van der Waals surface area contributed by atoms with Crippen molar-refractivity contribution in [1.82, 2.24) is 9.97 Å². The highest BCUT2D eigenvalue weighted by Gasteiger charge is 2.22. The SMILES string of the molecule is Cc1cccc([C@H]2CCCN(c3cnccn3)C2)c1. The minimum atomic E-state index is 0.607. The van der Waals surface area contributed by atoms with Gasteiger partial charge in [-0.05, 0) is 25.3 Å². The summed E-state index contributed by atoms with van der Waals surface area (Å²) >= 11 is 0. The molecule has 1 aromatic heterocycles. The maximum Gasteiger partial charge on any atom is 0.147 e. The third-order valence-corrected chi connectivity index (χ3v) is 3.81. The summed E-state index contributed by atoms with van der Waals surface area (Å²) in [4.78, 5) is 10.9. The van der Waals surface area contributed by atoms with Crippen LogP contribution in [0.5, 0.6) is 0 Å². The van der Waals surface area contributed by atoms with Crippen LogP contribution in [0.4, 0.5) is 5.82 Å². The van der Waals surface area contributed by atoms with Crippen molar-refractivity contribution in [2.75, 3.05) is 18.0 Å². The molecule has 1 aliphatic rings. The third kappa shape index (κ3) is 2.75. The monoisotopic (exact) mass is 253 g/mol. The van der Waals surface area contributed by atoms with Crippen molar-refractivity contribution in [1.29, 1.82) is 0 Å². The number of benzene rings is 1. The average Bonchev–Trinajstić information content (AvgIpc) is 2.48. The molecule has 0 radical (unpaired) electrons. The summed E-state index contributed by atoms with van der Waals surface area (Å²) in [6.07, 6.45) is 7.84. The molecule has 0 spiro atoms. The van der Waals surface area contributed by atoms with E-state index in [1.165, 1.54) is 24.0 Å². The fourth-order valence-corrected chi connectivity index (χ4v) is 2.84. The van der Waals surface area contributed by atoms with Gasteiger partial charge >= 0.3 is 0 Å². The Morgan fingerprint density at radius 2 is 2.21 bits per heavy atom. The normalized spacial score (nSPS) is 19.4. The molecular formula is C16H19N3. The summed E-state index contributed by atoms with van der Waals surface area (Å²) in [5, 5.41) is 0. The van der Waals surface area contributed by atoms with Crippen LogP contribution in [0.15, 0.2) is 42.9 Å². The molecule has 0 aliphatic carbocycles. The van der Waals surface area contributed by atoms with Gasteiger partial charge in [0.2, 0.25) is 0 Å². The van der Waals surface area contributed by atoms with Crippen LogP contribution in [0.25, 0.3) is 0 Å². The van der Waals surface area contributed by atoms with E-state index in [0.29, 0.717) is 5.92 Å². The van der Waals surface area contributed by atoms with E-state index in [0.717, 1.165) is 18.9 Å². The summed E-state index contributed by atoms with van der Waals surface area (Å²) in [5.41, 5.74) is 2.79. The molecule has 0 unspecified atom stereocenters. The molecule has 1 aromatic carbocycles. The lowest BCUT2D eigenvalue weighted by Gasteiger charge is -2.33. The van der Waals surface area contributed by atoms with Gasteiger partial charge in [0.25, 0.3) is 0 Å². The van der Waals surface area contributed by atoms with Crippen molar-refractivity contribution in [3.8, 4) is 0 Å². The van der Waals surface area contributed by atoms with Gasteiger partial charge < -0.3 is 4.90 Å². The Hall–Kier alpha value is -1.90. The van der Waals surface area contributed by atoms with Gasteiger partial charge in [0.05, 0.1) is 6.20 Å². The first-order valence-electron chi connectivity index (χ1n) is 6.90. The second-order valence-corrected chi connectivity index (χ2v) is 5.26. The first-order valence-corrected chi connectivity index (χ1v) is 6.90. The lowest BCUT2D eigenvalue weighted by Crippen LogP contribution is -2.34. The zero-order valence-corrected chi connectivity index (χ0v) is 11.3. The van der Waals surface area contributed by atoms with E-state index in [1.807, 2.05) is 6.20 Å². The maximum atomic E-state index is 4.41. The minimum Gasteiger partial charge on any atom is -0.355 e. The van der Waals surface area contributed by atoms with Crippen LogP contribution in [0.2, 0.25) is 0 Å². The van der Waals surface area contributed by atoms with Gasteiger partial charge in [-0.1, -0.05) is 29.8 Å². The van der Waals surface area contributed by atoms with Crippen LogP contribution < -0.4 is 4.90 Å². The quantitative estimate of drug-likeness (QED) is 0.823. The van der Waals surface area contributed by atoms with Crippen molar-refractivity contribution in [2.45, 2.75) is 25.7 Å². The molecule has 1 atom stereocenters. The summed E-state index contributed by atoms with van der Waals surface area (Å²) in [5.74, 6) is 1.61. The van der Waals surface area contributed by atoms with Gasteiger partial charge in [-0.15, -0.1) is 0 Å². The van der Waals surface area contributed by atoms with Gasteiger partial charge in [-0.3, -0.25) is 4.98 Å². The molecule has 2 aromatic rings. The van der Waals surface area contributed by atoms with E-state index in [-0.39, 0.29) is 0 Å². The Morgan fingerprint density at radius 1 is 1.26 bits per heavy atom. The van der Waals surface area contributed by atoms with E-state index in [9.17, 15) is 0 Å². The first-order chi connectivity index (χ1) is 9.33. The molecule has 1 aliphatic heterocycles. The van der Waals surface area contributed by atoms with E-state index in [1.54, 1.807) is 12.4 Å². The van der Waals surface area contributed by atoms with Crippen molar-refractivity contribution < 1.29 is 0 Å². The molecule has 0 N–H and O–H groups in total. The molecule has 0 amide bonds. The topological polar surface area (TPSA) is 29.0 Å². The van der Waals surface area contributed by atoms with Crippen molar-refractivity contribution >= 4 is 5.82 Å². The lowest BCUT2D eigenvalue weighted by molar-refractivity contribution is 0.506. The van der Waals surface area contributed by atoms with Crippen LogP contribution in [0, 0.1) is 6.92 Å². The standard InChI is InChI=1S/C16H19N3/c1-13-4-2-5-14(10-13)15-6-3-9-19(12-15)16-11-17-7-8-18-16/h2,4-5,7-8,10-11,15H,3,6,9,12H2,1H3/t15-/m0/s1. The zero-order valence-electron chi connectivity index (χ0n) is 11.3. The largest absolute Gasteiger partial charge is 0.355 e. The van der Waals surface area contributed by atoms with Crippen LogP contribution in [0.1, 0.15) is 29.9 Å². The number of hydrogen-bond acceptors (Lipinski definition) is 3.